The first-order chi connectivity index (χ1) is 21.3. The molecule has 4 aliphatic carbocycles. The highest BCUT2D eigenvalue weighted by atomic mass is 16.4. The number of nitrogens with zero attached hydrogens (tertiary/aromatic N) is 4. The smallest absolute Gasteiger partial charge is 0.308 e. The van der Waals surface area contributed by atoms with Crippen molar-refractivity contribution in [2.75, 3.05) is 31.5 Å². The standard InChI is InChI=1S/C34H45N5O5/c40-31-30(35-8-9-37-18-26(32(41)42)27(19-37)33(43)44)36-28-6-1-2-7-29(28)38(31)25-13-23-4-3-5-24(14-25)39(23)34-15-20-10-21(16-34)12-22(11-20)17-34/h1-2,6-7,20-27H,3-5,8-19H2,(H,35,36)(H,41,42)(H,43,44)/t20?,21?,22?,23-,24+,25?,26-,27-,34?/m1/s1. The minimum Gasteiger partial charge on any atom is -0.481 e. The van der Waals surface area contributed by atoms with Gasteiger partial charge in [0, 0.05) is 49.8 Å². The molecule has 7 fully saturated rings. The van der Waals surface area contributed by atoms with Crippen molar-refractivity contribution < 1.29 is 19.8 Å². The molecule has 6 bridgehead atoms. The summed E-state index contributed by atoms with van der Waals surface area (Å²) in [4.78, 5) is 47.0. The van der Waals surface area contributed by atoms with Gasteiger partial charge in [-0.1, -0.05) is 18.6 Å². The van der Waals surface area contributed by atoms with Gasteiger partial charge in [0.2, 0.25) is 0 Å². The number of anilines is 1. The first kappa shape index (κ1) is 28.5. The molecule has 10 heteroatoms. The van der Waals surface area contributed by atoms with Gasteiger partial charge in [-0.2, -0.15) is 0 Å². The van der Waals surface area contributed by atoms with E-state index in [1.807, 2.05) is 33.7 Å². The SMILES string of the molecule is O=C(O)[C@@H]1CN(CCNc2nc3ccccc3n(C3C[C@H]4CCC[C@@H](C3)N4C34CC5CC(CC(C5)C3)C4)c2=O)C[C@H]1C(=O)O. The van der Waals surface area contributed by atoms with E-state index < -0.39 is 23.8 Å². The van der Waals surface area contributed by atoms with Crippen LogP contribution in [0.4, 0.5) is 5.82 Å². The van der Waals surface area contributed by atoms with Crippen molar-refractivity contribution in [1.29, 1.82) is 0 Å². The largest absolute Gasteiger partial charge is 0.481 e. The number of rotatable bonds is 8. The number of hydrogen-bond acceptors (Lipinski definition) is 7. The van der Waals surface area contributed by atoms with Gasteiger partial charge in [-0.25, -0.2) is 4.98 Å². The Morgan fingerprint density at radius 1 is 0.864 bits per heavy atom. The predicted molar refractivity (Wildman–Crippen MR) is 166 cm³/mol. The molecular weight excluding hydrogens is 558 g/mol. The van der Waals surface area contributed by atoms with Gasteiger partial charge in [-0.3, -0.25) is 24.2 Å². The van der Waals surface area contributed by atoms with Gasteiger partial charge in [-0.05, 0) is 94.1 Å². The zero-order chi connectivity index (χ0) is 30.2. The number of para-hydroxylation sites is 2. The summed E-state index contributed by atoms with van der Waals surface area (Å²) in [7, 11) is 0. The van der Waals surface area contributed by atoms with Gasteiger partial charge in [0.25, 0.3) is 5.56 Å². The Hall–Kier alpha value is -2.98. The van der Waals surface area contributed by atoms with Crippen LogP contribution in [-0.2, 0) is 9.59 Å². The quantitative estimate of drug-likeness (QED) is 0.409. The summed E-state index contributed by atoms with van der Waals surface area (Å²) >= 11 is 0. The third kappa shape index (κ3) is 4.75. The molecule has 3 N–H and O–H groups in total. The number of aliphatic carboxylic acids is 2. The van der Waals surface area contributed by atoms with Crippen LogP contribution in [0, 0.1) is 29.6 Å². The van der Waals surface area contributed by atoms with Crippen LogP contribution in [0.25, 0.3) is 11.0 Å². The molecule has 44 heavy (non-hydrogen) atoms. The Morgan fingerprint density at radius 3 is 2.05 bits per heavy atom. The number of aromatic nitrogens is 2. The average Bonchev–Trinajstić information content (AvgIpc) is 3.41. The summed E-state index contributed by atoms with van der Waals surface area (Å²) in [6.07, 6.45) is 14.3. The zero-order valence-electron chi connectivity index (χ0n) is 25.4. The first-order valence-electron chi connectivity index (χ1n) is 17.0. The zero-order valence-corrected chi connectivity index (χ0v) is 25.4. The number of carbonyl (C=O) groups is 2. The van der Waals surface area contributed by atoms with E-state index in [4.69, 9.17) is 4.98 Å². The second kappa shape index (κ2) is 10.8. The van der Waals surface area contributed by atoms with Gasteiger partial charge in [0.05, 0.1) is 22.9 Å². The molecule has 5 atom stereocenters. The number of benzene rings is 1. The van der Waals surface area contributed by atoms with Gasteiger partial charge >= 0.3 is 11.9 Å². The molecule has 1 aromatic carbocycles. The van der Waals surface area contributed by atoms with Gasteiger partial charge in [0.15, 0.2) is 5.82 Å². The second-order valence-corrected chi connectivity index (χ2v) is 15.1. The first-order valence-corrected chi connectivity index (χ1v) is 17.0. The maximum atomic E-state index is 14.2. The molecule has 2 aromatic rings. The molecule has 1 aromatic heterocycles. The van der Waals surface area contributed by atoms with Crippen LogP contribution in [0.1, 0.15) is 76.7 Å². The Kier molecular flexibility index (Phi) is 7.01. The van der Waals surface area contributed by atoms with Gasteiger partial charge < -0.3 is 20.1 Å². The minimum atomic E-state index is -1.08. The van der Waals surface area contributed by atoms with E-state index in [0.29, 0.717) is 36.5 Å². The van der Waals surface area contributed by atoms with E-state index in [1.54, 1.807) is 0 Å². The Labute approximate surface area is 257 Å². The fraction of sp³-hybridized carbons (Fsp3) is 0.706. The van der Waals surface area contributed by atoms with Gasteiger partial charge in [-0.15, -0.1) is 0 Å². The summed E-state index contributed by atoms with van der Waals surface area (Å²) in [5, 5.41) is 22.2. The molecule has 4 saturated carbocycles. The molecule has 0 amide bonds. The molecule has 1 unspecified atom stereocenters. The van der Waals surface area contributed by atoms with Crippen LogP contribution in [-0.4, -0.2) is 85.3 Å². The van der Waals surface area contributed by atoms with Crippen LogP contribution in [0.2, 0.25) is 0 Å². The maximum Gasteiger partial charge on any atom is 0.308 e. The molecule has 3 saturated heterocycles. The maximum absolute atomic E-state index is 14.2. The number of piperidine rings is 2. The van der Waals surface area contributed by atoms with Crippen LogP contribution in [0.3, 0.4) is 0 Å². The van der Waals surface area contributed by atoms with E-state index >= 15 is 0 Å². The van der Waals surface area contributed by atoms with E-state index in [-0.39, 0.29) is 24.7 Å². The lowest BCUT2D eigenvalue weighted by atomic mass is 9.51. The summed E-state index contributed by atoms with van der Waals surface area (Å²) in [5.41, 5.74) is 1.98. The van der Waals surface area contributed by atoms with Crippen molar-refractivity contribution in [1.82, 2.24) is 19.4 Å². The Bertz CT molecular complexity index is 1450. The number of hydrogen-bond donors (Lipinski definition) is 3. The highest BCUT2D eigenvalue weighted by molar-refractivity contribution is 5.81. The topological polar surface area (TPSA) is 128 Å². The van der Waals surface area contributed by atoms with E-state index in [1.165, 1.54) is 57.8 Å². The highest BCUT2D eigenvalue weighted by Crippen LogP contribution is 2.60. The van der Waals surface area contributed by atoms with E-state index in [2.05, 4.69) is 10.2 Å². The van der Waals surface area contributed by atoms with Crippen molar-refractivity contribution in [2.45, 2.75) is 94.3 Å². The van der Waals surface area contributed by atoms with Crippen molar-refractivity contribution in [3.63, 3.8) is 0 Å². The summed E-state index contributed by atoms with van der Waals surface area (Å²) < 4.78 is 2.03. The average molecular weight is 604 g/mol. The lowest BCUT2D eigenvalue weighted by Gasteiger charge is -2.66. The van der Waals surface area contributed by atoms with Crippen LogP contribution in [0.5, 0.6) is 0 Å². The molecule has 10 nitrogen and oxygen atoms in total. The van der Waals surface area contributed by atoms with Crippen molar-refractivity contribution in [2.24, 2.45) is 29.6 Å². The third-order valence-corrected chi connectivity index (χ3v) is 12.4. The fourth-order valence-electron chi connectivity index (χ4n) is 11.3. The predicted octanol–water partition coefficient (Wildman–Crippen LogP) is 4.05. The number of carboxylic acid groups (broad SMARTS) is 2. The lowest BCUT2D eigenvalue weighted by molar-refractivity contribution is -0.151. The van der Waals surface area contributed by atoms with Crippen molar-refractivity contribution >= 4 is 28.8 Å². The van der Waals surface area contributed by atoms with Gasteiger partial charge in [0.1, 0.15) is 0 Å². The molecule has 3 aliphatic heterocycles. The molecule has 0 spiro atoms. The third-order valence-electron chi connectivity index (χ3n) is 12.4. The lowest BCUT2D eigenvalue weighted by Crippen LogP contribution is -2.68. The number of fused-ring (bicyclic) bond motifs is 3. The second-order valence-electron chi connectivity index (χ2n) is 15.1. The number of carboxylic acids is 2. The summed E-state index contributed by atoms with van der Waals surface area (Å²) in [5.74, 6) is -0.917. The molecule has 4 heterocycles. The van der Waals surface area contributed by atoms with Crippen LogP contribution in [0.15, 0.2) is 29.1 Å². The molecule has 7 aliphatic rings. The van der Waals surface area contributed by atoms with Crippen molar-refractivity contribution in [3.05, 3.63) is 34.6 Å². The molecular formula is C34H45N5O5. The fourth-order valence-corrected chi connectivity index (χ4v) is 11.3. The molecule has 236 valence electrons. The van der Waals surface area contributed by atoms with Crippen molar-refractivity contribution in [3.8, 4) is 0 Å². The number of likely N-dealkylation sites (tertiary alicyclic amines) is 1. The van der Waals surface area contributed by atoms with Crippen LogP contribution >= 0.6 is 0 Å². The summed E-state index contributed by atoms with van der Waals surface area (Å²) in [6.45, 7) is 1.20. The molecule has 9 rings (SSSR count). The number of nitrogens with one attached hydrogen (secondary N) is 1. The Balaban J connectivity index is 1.03. The normalized spacial score (nSPS) is 38.3. The summed E-state index contributed by atoms with van der Waals surface area (Å²) in [6, 6.07) is 9.12. The Morgan fingerprint density at radius 2 is 1.45 bits per heavy atom. The minimum absolute atomic E-state index is 0.0942. The highest BCUT2D eigenvalue weighted by Gasteiger charge is 2.58. The van der Waals surface area contributed by atoms with Crippen LogP contribution < -0.4 is 10.9 Å². The molecule has 0 radical (unpaired) electrons. The van der Waals surface area contributed by atoms with E-state index in [9.17, 15) is 24.6 Å². The van der Waals surface area contributed by atoms with E-state index in [0.717, 1.165) is 41.6 Å². The monoisotopic (exact) mass is 603 g/mol.